The largest absolute Gasteiger partial charge is 0.506 e. The minimum atomic E-state index is -1.38. The van der Waals surface area contributed by atoms with Crippen LogP contribution < -0.4 is 5.63 Å². The molecule has 1 fully saturated rings. The van der Waals surface area contributed by atoms with Crippen LogP contribution in [0.3, 0.4) is 0 Å². The summed E-state index contributed by atoms with van der Waals surface area (Å²) in [6.45, 7) is 4.54. The van der Waals surface area contributed by atoms with Crippen LogP contribution in [-0.2, 0) is 14.3 Å². The van der Waals surface area contributed by atoms with Crippen molar-refractivity contribution in [2.45, 2.75) is 50.8 Å². The van der Waals surface area contributed by atoms with Gasteiger partial charge in [-0.05, 0) is 38.0 Å². The fourth-order valence-corrected chi connectivity index (χ4v) is 4.30. The molecule has 1 aromatic carbocycles. The summed E-state index contributed by atoms with van der Waals surface area (Å²) >= 11 is 3.20. The van der Waals surface area contributed by atoms with Gasteiger partial charge in [-0.3, -0.25) is 0 Å². The van der Waals surface area contributed by atoms with Crippen LogP contribution in [0.25, 0.3) is 11.0 Å². The molecule has 11 heteroatoms. The van der Waals surface area contributed by atoms with E-state index in [0.717, 1.165) is 0 Å². The van der Waals surface area contributed by atoms with Gasteiger partial charge in [0.15, 0.2) is 0 Å². The maximum absolute atomic E-state index is 12.7. The molecule has 0 aliphatic carbocycles. The molecule has 0 saturated carbocycles. The molecule has 33 heavy (non-hydrogen) atoms. The molecule has 3 rings (SSSR count). The highest BCUT2D eigenvalue weighted by Crippen LogP contribution is 2.42. The molecule has 2 aromatic rings. The molecule has 0 spiro atoms. The molecule has 0 bridgehead atoms. The molecule has 1 saturated heterocycles. The van der Waals surface area contributed by atoms with Crippen LogP contribution >= 0.6 is 15.9 Å². The van der Waals surface area contributed by atoms with Gasteiger partial charge in [-0.2, -0.15) is 0 Å². The number of oxime groups is 1. The number of nitrogens with zero attached hydrogens (tertiary/aromatic N) is 1. The number of aromatic hydroxyl groups is 1. The molecule has 0 unspecified atom stereocenters. The fraction of sp³-hybridized carbons (Fsp3) is 0.545. The molecule has 5 atom stereocenters. The van der Waals surface area contributed by atoms with Gasteiger partial charge in [-0.15, -0.1) is 0 Å². The molecule has 182 valence electrons. The van der Waals surface area contributed by atoms with Crippen molar-refractivity contribution in [3.63, 3.8) is 0 Å². The lowest BCUT2D eigenvalue weighted by Crippen LogP contribution is -2.62. The van der Waals surface area contributed by atoms with Crippen molar-refractivity contribution < 1.29 is 39.2 Å². The first-order chi connectivity index (χ1) is 15.6. The lowest BCUT2D eigenvalue weighted by atomic mass is 9.83. The Labute approximate surface area is 198 Å². The number of hydrogen-bond acceptors (Lipinski definition) is 10. The number of ether oxygens (including phenoxy) is 2. The zero-order chi connectivity index (χ0) is 24.5. The smallest absolute Gasteiger partial charge is 0.349 e. The van der Waals surface area contributed by atoms with E-state index in [4.69, 9.17) is 18.7 Å². The molecule has 10 nitrogen and oxygen atoms in total. The number of aryl methyl sites for hydroxylation is 1. The number of halogens is 1. The molecular formula is C22H28BrNO9. The van der Waals surface area contributed by atoms with Crippen molar-refractivity contribution in [1.29, 1.82) is 0 Å². The van der Waals surface area contributed by atoms with Gasteiger partial charge in [0.2, 0.25) is 0 Å². The number of fused-ring (bicyclic) bond motifs is 1. The average molecular weight is 530 g/mol. The van der Waals surface area contributed by atoms with Crippen molar-refractivity contribution >= 4 is 32.6 Å². The summed E-state index contributed by atoms with van der Waals surface area (Å²) in [5.41, 5.74) is -1.14. The standard InChI is InChI=1S/C22H28BrNO9/c1-10-12(19-16(27)17(28)20(30-4)22(3,9-25)33-19)5-6-13-15(26)14(21(29)32-18(10)13)11(2)24-31-8-7-23/h5-6,16-17,19-20,25-28H,7-9H2,1-4H3/t16-,17-,19+,20-,22-/m1/s1. The van der Waals surface area contributed by atoms with Crippen molar-refractivity contribution in [3.8, 4) is 5.75 Å². The third-order valence-corrected chi connectivity index (χ3v) is 6.24. The second-order valence-electron chi connectivity index (χ2n) is 8.12. The Balaban J connectivity index is 2.10. The summed E-state index contributed by atoms with van der Waals surface area (Å²) < 4.78 is 16.8. The highest BCUT2D eigenvalue weighted by atomic mass is 79.9. The third-order valence-electron chi connectivity index (χ3n) is 5.91. The molecule has 4 N–H and O–H groups in total. The Hall–Kier alpha value is -2.02. The van der Waals surface area contributed by atoms with Crippen LogP contribution in [0, 0.1) is 6.92 Å². The van der Waals surface area contributed by atoms with E-state index in [1.807, 2.05) is 0 Å². The Morgan fingerprint density at radius 3 is 2.61 bits per heavy atom. The minimum Gasteiger partial charge on any atom is -0.506 e. The van der Waals surface area contributed by atoms with Crippen molar-refractivity contribution in [2.75, 3.05) is 25.7 Å². The number of alkyl halides is 1. The number of aliphatic hydroxyl groups excluding tert-OH is 3. The van der Waals surface area contributed by atoms with Crippen LogP contribution in [-0.4, -0.2) is 75.7 Å². The Morgan fingerprint density at radius 1 is 1.30 bits per heavy atom. The summed E-state index contributed by atoms with van der Waals surface area (Å²) in [6.07, 6.45) is -4.75. The van der Waals surface area contributed by atoms with Crippen LogP contribution in [0.5, 0.6) is 5.75 Å². The third kappa shape index (κ3) is 4.53. The van der Waals surface area contributed by atoms with Gasteiger partial charge in [-0.25, -0.2) is 4.79 Å². The summed E-state index contributed by atoms with van der Waals surface area (Å²) in [4.78, 5) is 17.7. The van der Waals surface area contributed by atoms with E-state index in [9.17, 15) is 25.2 Å². The van der Waals surface area contributed by atoms with E-state index in [0.29, 0.717) is 16.5 Å². The van der Waals surface area contributed by atoms with Crippen LogP contribution in [0.15, 0.2) is 26.5 Å². The van der Waals surface area contributed by atoms with Crippen molar-refractivity contribution in [3.05, 3.63) is 39.2 Å². The Morgan fingerprint density at radius 2 is 2.00 bits per heavy atom. The number of methoxy groups -OCH3 is 1. The summed E-state index contributed by atoms with van der Waals surface area (Å²) in [7, 11) is 1.35. The first-order valence-electron chi connectivity index (χ1n) is 10.3. The van der Waals surface area contributed by atoms with E-state index in [1.54, 1.807) is 19.9 Å². The topological polar surface area (TPSA) is 151 Å². The van der Waals surface area contributed by atoms with Gasteiger partial charge in [0.25, 0.3) is 0 Å². The van der Waals surface area contributed by atoms with Crippen molar-refractivity contribution in [1.82, 2.24) is 0 Å². The van der Waals surface area contributed by atoms with E-state index in [2.05, 4.69) is 21.1 Å². The molecule has 1 aliphatic heterocycles. The fourth-order valence-electron chi connectivity index (χ4n) is 4.16. The lowest BCUT2D eigenvalue weighted by Gasteiger charge is -2.48. The van der Waals surface area contributed by atoms with Gasteiger partial charge < -0.3 is 39.2 Å². The number of aliphatic hydroxyl groups is 3. The maximum atomic E-state index is 12.7. The first-order valence-corrected chi connectivity index (χ1v) is 11.4. The van der Waals surface area contributed by atoms with E-state index in [1.165, 1.54) is 20.1 Å². The predicted octanol–water partition coefficient (Wildman–Crippen LogP) is 1.50. The zero-order valence-corrected chi connectivity index (χ0v) is 20.3. The van der Waals surface area contributed by atoms with Gasteiger partial charge in [-0.1, -0.05) is 27.2 Å². The molecule has 1 aromatic heterocycles. The Kier molecular flexibility index (Phi) is 7.82. The Bertz CT molecular complexity index is 1100. The SMILES string of the molecule is CO[C@@H]1[C@H](O)[C@@H](O)[C@H](c2ccc3c(O)c(C(C)=NOCCBr)c(=O)oc3c2C)O[C@]1(C)CO. The van der Waals surface area contributed by atoms with Crippen LogP contribution in [0.4, 0.5) is 0 Å². The maximum Gasteiger partial charge on any atom is 0.349 e. The van der Waals surface area contributed by atoms with E-state index >= 15 is 0 Å². The van der Waals surface area contributed by atoms with Gasteiger partial charge in [0.05, 0.1) is 17.7 Å². The highest BCUT2D eigenvalue weighted by Gasteiger charge is 2.52. The van der Waals surface area contributed by atoms with Crippen LogP contribution in [0.2, 0.25) is 0 Å². The summed E-state index contributed by atoms with van der Waals surface area (Å²) in [6, 6.07) is 3.12. The molecular weight excluding hydrogens is 502 g/mol. The number of hydrogen-bond donors (Lipinski definition) is 4. The number of rotatable bonds is 7. The quantitative estimate of drug-likeness (QED) is 0.137. The number of benzene rings is 1. The second kappa shape index (κ2) is 10.1. The monoisotopic (exact) mass is 529 g/mol. The minimum absolute atomic E-state index is 0.0952. The molecule has 1 aliphatic rings. The zero-order valence-electron chi connectivity index (χ0n) is 18.7. The first kappa shape index (κ1) is 25.6. The van der Waals surface area contributed by atoms with Gasteiger partial charge in [0, 0.05) is 12.4 Å². The normalized spacial score (nSPS) is 28.3. The second-order valence-corrected chi connectivity index (χ2v) is 8.91. The van der Waals surface area contributed by atoms with Gasteiger partial charge in [0.1, 0.15) is 53.5 Å². The van der Waals surface area contributed by atoms with Crippen LogP contribution in [0.1, 0.15) is 36.6 Å². The predicted molar refractivity (Wildman–Crippen MR) is 123 cm³/mol. The molecule has 0 radical (unpaired) electrons. The van der Waals surface area contributed by atoms with E-state index < -0.39 is 42.2 Å². The summed E-state index contributed by atoms with van der Waals surface area (Å²) in [5, 5.41) is 46.7. The van der Waals surface area contributed by atoms with Gasteiger partial charge >= 0.3 is 5.63 Å². The van der Waals surface area contributed by atoms with E-state index in [-0.39, 0.29) is 34.6 Å². The average Bonchev–Trinajstić information content (AvgIpc) is 2.78. The highest BCUT2D eigenvalue weighted by molar-refractivity contribution is 9.09. The molecule has 2 heterocycles. The molecule has 0 amide bonds. The lowest BCUT2D eigenvalue weighted by molar-refractivity contribution is -0.279. The summed E-state index contributed by atoms with van der Waals surface area (Å²) in [5.74, 6) is -0.315. The van der Waals surface area contributed by atoms with Crippen molar-refractivity contribution in [2.24, 2.45) is 5.16 Å².